The molecule has 0 bridgehead atoms. The topological polar surface area (TPSA) is 108 Å². The highest BCUT2D eigenvalue weighted by Crippen LogP contribution is 2.16. The van der Waals surface area contributed by atoms with Crippen molar-refractivity contribution in [3.63, 3.8) is 0 Å². The van der Waals surface area contributed by atoms with Gasteiger partial charge in [0.05, 0.1) is 11.3 Å². The number of nitro benzene ring substituents is 1. The summed E-state index contributed by atoms with van der Waals surface area (Å²) >= 11 is 0. The molecule has 0 atom stereocenters. The summed E-state index contributed by atoms with van der Waals surface area (Å²) in [6.07, 6.45) is 1.05. The van der Waals surface area contributed by atoms with E-state index in [2.05, 4.69) is 0 Å². The van der Waals surface area contributed by atoms with Gasteiger partial charge in [-0.15, -0.1) is 0 Å². The van der Waals surface area contributed by atoms with Crippen molar-refractivity contribution in [2.75, 3.05) is 13.1 Å². The highest BCUT2D eigenvalue weighted by atomic mass is 16.6. The Morgan fingerprint density at radius 1 is 1.17 bits per heavy atom. The number of non-ortho nitro benzene ring substituents is 1. The van der Waals surface area contributed by atoms with Crippen molar-refractivity contribution in [1.29, 1.82) is 5.41 Å². The molecule has 1 aromatic rings. The maximum Gasteiger partial charge on any atom is 0.332 e. The van der Waals surface area contributed by atoms with Gasteiger partial charge in [0.15, 0.2) is 0 Å². The third-order valence-corrected chi connectivity index (χ3v) is 3.63. The minimum Gasteiger partial charge on any atom is -0.288 e. The van der Waals surface area contributed by atoms with Crippen LogP contribution in [0.25, 0.3) is 0 Å². The van der Waals surface area contributed by atoms with Crippen molar-refractivity contribution in [1.82, 2.24) is 9.80 Å². The average molecular weight is 318 g/mol. The van der Waals surface area contributed by atoms with Crippen LogP contribution in [-0.2, 0) is 11.2 Å². The maximum absolute atomic E-state index is 12.3. The summed E-state index contributed by atoms with van der Waals surface area (Å²) in [5.74, 6) is -0.345. The Morgan fingerprint density at radius 3 is 2.39 bits per heavy atom. The number of nitro groups is 1. The van der Waals surface area contributed by atoms with E-state index in [4.69, 9.17) is 5.41 Å². The molecule has 1 aliphatic rings. The van der Waals surface area contributed by atoms with Crippen LogP contribution >= 0.6 is 0 Å². The van der Waals surface area contributed by atoms with Crippen LogP contribution in [0, 0.1) is 15.5 Å². The number of nitrogens with zero attached hydrogens (tertiary/aromatic N) is 3. The number of carbonyl (C=O) groups is 2. The summed E-state index contributed by atoms with van der Waals surface area (Å²) < 4.78 is 0. The molecule has 0 radical (unpaired) electrons. The zero-order valence-electron chi connectivity index (χ0n) is 12.8. The van der Waals surface area contributed by atoms with Gasteiger partial charge in [0.1, 0.15) is 5.84 Å². The molecule has 0 unspecified atom stereocenters. The number of amidine groups is 1. The van der Waals surface area contributed by atoms with E-state index in [0.29, 0.717) is 19.4 Å². The third-order valence-electron chi connectivity index (χ3n) is 3.63. The van der Waals surface area contributed by atoms with E-state index in [1.54, 1.807) is 12.1 Å². The lowest BCUT2D eigenvalue weighted by atomic mass is 10.1. The monoisotopic (exact) mass is 318 g/mol. The Kier molecular flexibility index (Phi) is 5.05. The Morgan fingerprint density at radius 2 is 1.83 bits per heavy atom. The third kappa shape index (κ3) is 3.71. The van der Waals surface area contributed by atoms with E-state index in [0.717, 1.165) is 5.56 Å². The number of hydrogen-bond acceptors (Lipinski definition) is 5. The van der Waals surface area contributed by atoms with Gasteiger partial charge in [-0.2, -0.15) is 0 Å². The number of hydrogen-bond donors (Lipinski definition) is 1. The molecule has 8 nitrogen and oxygen atoms in total. The molecule has 1 fully saturated rings. The van der Waals surface area contributed by atoms with Crippen molar-refractivity contribution in [2.45, 2.75) is 26.2 Å². The van der Waals surface area contributed by atoms with E-state index in [-0.39, 0.29) is 30.4 Å². The summed E-state index contributed by atoms with van der Waals surface area (Å²) in [4.78, 5) is 36.7. The van der Waals surface area contributed by atoms with Crippen LogP contribution in [0.1, 0.15) is 25.3 Å². The second-order valence-electron chi connectivity index (χ2n) is 5.28. The molecule has 1 aliphatic heterocycles. The second kappa shape index (κ2) is 6.99. The highest BCUT2D eigenvalue weighted by Gasteiger charge is 2.34. The highest BCUT2D eigenvalue weighted by molar-refractivity contribution is 6.14. The summed E-state index contributed by atoms with van der Waals surface area (Å²) in [7, 11) is 0. The van der Waals surface area contributed by atoms with Gasteiger partial charge in [0.25, 0.3) is 5.69 Å². The van der Waals surface area contributed by atoms with E-state index < -0.39 is 11.0 Å². The van der Waals surface area contributed by atoms with Crippen LogP contribution in [0.2, 0.25) is 0 Å². The van der Waals surface area contributed by atoms with E-state index >= 15 is 0 Å². The van der Waals surface area contributed by atoms with Gasteiger partial charge in [0.2, 0.25) is 5.91 Å². The fourth-order valence-corrected chi connectivity index (χ4v) is 2.40. The molecular weight excluding hydrogens is 300 g/mol. The molecule has 0 aromatic heterocycles. The zero-order valence-corrected chi connectivity index (χ0v) is 12.8. The molecule has 2 rings (SSSR count). The lowest BCUT2D eigenvalue weighted by molar-refractivity contribution is -0.384. The minimum absolute atomic E-state index is 0.00531. The van der Waals surface area contributed by atoms with Crippen LogP contribution in [-0.4, -0.2) is 45.6 Å². The van der Waals surface area contributed by atoms with E-state index in [1.165, 1.54) is 21.9 Å². The number of urea groups is 1. The Labute approximate surface area is 133 Å². The Bertz CT molecular complexity index is 641. The molecule has 1 N–H and O–H groups in total. The minimum atomic E-state index is -0.470. The van der Waals surface area contributed by atoms with Gasteiger partial charge in [-0.1, -0.05) is 19.1 Å². The molecule has 3 amide bonds. The van der Waals surface area contributed by atoms with Gasteiger partial charge < -0.3 is 0 Å². The van der Waals surface area contributed by atoms with Crippen LogP contribution < -0.4 is 0 Å². The first kappa shape index (κ1) is 16.6. The summed E-state index contributed by atoms with van der Waals surface area (Å²) in [5, 5.41) is 18.5. The predicted octanol–water partition coefficient (Wildman–Crippen LogP) is 2.18. The molecule has 0 spiro atoms. The summed E-state index contributed by atoms with van der Waals surface area (Å²) in [6.45, 7) is 2.49. The summed E-state index contributed by atoms with van der Waals surface area (Å²) in [5.41, 5.74) is 0.838. The van der Waals surface area contributed by atoms with E-state index in [9.17, 15) is 19.7 Å². The van der Waals surface area contributed by atoms with Crippen LogP contribution in [0.5, 0.6) is 0 Å². The second-order valence-corrected chi connectivity index (χ2v) is 5.28. The largest absolute Gasteiger partial charge is 0.332 e. The zero-order chi connectivity index (χ0) is 17.0. The number of imide groups is 1. The Balaban J connectivity index is 2.03. The van der Waals surface area contributed by atoms with Crippen molar-refractivity contribution < 1.29 is 14.5 Å². The number of benzene rings is 1. The number of rotatable bonds is 6. The van der Waals surface area contributed by atoms with E-state index in [1.807, 2.05) is 6.92 Å². The van der Waals surface area contributed by atoms with Gasteiger partial charge >= 0.3 is 6.03 Å². The molecule has 1 aromatic carbocycles. The van der Waals surface area contributed by atoms with Crippen molar-refractivity contribution in [3.8, 4) is 0 Å². The van der Waals surface area contributed by atoms with Crippen molar-refractivity contribution >= 4 is 23.5 Å². The quantitative estimate of drug-likeness (QED) is 0.640. The smallest absolute Gasteiger partial charge is 0.288 e. The first-order valence-corrected chi connectivity index (χ1v) is 7.36. The van der Waals surface area contributed by atoms with Gasteiger partial charge in [0, 0.05) is 25.2 Å². The lowest BCUT2D eigenvalue weighted by Gasteiger charge is -2.34. The normalized spacial score (nSPS) is 15.3. The van der Waals surface area contributed by atoms with Gasteiger partial charge in [-0.25, -0.2) is 4.79 Å². The first-order chi connectivity index (χ1) is 10.9. The number of carbonyl (C=O) groups excluding carboxylic acids is 2. The molecule has 122 valence electrons. The SMILES string of the molecule is CCCN1C(=O)CC(=N)N(CCc2ccc([N+](=O)[O-])cc2)C1=O. The molecule has 0 aliphatic carbocycles. The number of nitrogens with one attached hydrogen (secondary N) is 1. The maximum atomic E-state index is 12.3. The standard InChI is InChI=1S/C15H18N4O4/c1-2-8-18-14(20)10-13(16)17(15(18)21)9-7-11-3-5-12(6-4-11)19(22)23/h3-6,16H,2,7-10H2,1H3. The summed E-state index contributed by atoms with van der Waals surface area (Å²) in [6, 6.07) is 5.61. The first-order valence-electron chi connectivity index (χ1n) is 7.36. The van der Waals surface area contributed by atoms with Gasteiger partial charge in [-0.05, 0) is 18.4 Å². The van der Waals surface area contributed by atoms with Crippen LogP contribution in [0.15, 0.2) is 24.3 Å². The molecule has 0 saturated carbocycles. The average Bonchev–Trinajstić information content (AvgIpc) is 2.51. The number of amides is 3. The van der Waals surface area contributed by atoms with Crippen LogP contribution in [0.4, 0.5) is 10.5 Å². The lowest BCUT2D eigenvalue weighted by Crippen LogP contribution is -2.55. The predicted molar refractivity (Wildman–Crippen MR) is 83.3 cm³/mol. The fourth-order valence-electron chi connectivity index (χ4n) is 2.40. The van der Waals surface area contributed by atoms with Crippen molar-refractivity contribution in [3.05, 3.63) is 39.9 Å². The van der Waals surface area contributed by atoms with Crippen LogP contribution in [0.3, 0.4) is 0 Å². The molecule has 1 saturated heterocycles. The molecule has 23 heavy (non-hydrogen) atoms. The Hall–Kier alpha value is -2.77. The van der Waals surface area contributed by atoms with Gasteiger partial charge in [-0.3, -0.25) is 30.1 Å². The molecular formula is C15H18N4O4. The van der Waals surface area contributed by atoms with Crippen molar-refractivity contribution in [2.24, 2.45) is 0 Å². The molecule has 8 heteroatoms. The molecule has 1 heterocycles. The fraction of sp³-hybridized carbons (Fsp3) is 0.400.